The monoisotopic (exact) mass is 235 g/mol. The van der Waals surface area contributed by atoms with Gasteiger partial charge in [0.25, 0.3) is 10.2 Å². The maximum atomic E-state index is 11.5. The molecule has 1 aliphatic rings. The molecule has 0 saturated heterocycles. The Morgan fingerprint density at radius 2 is 2.13 bits per heavy atom. The second-order valence-corrected chi connectivity index (χ2v) is 5.94. The minimum Gasteiger partial charge on any atom is -0.329 e. The van der Waals surface area contributed by atoms with E-state index in [0.29, 0.717) is 12.5 Å². The molecule has 0 aromatic carbocycles. The van der Waals surface area contributed by atoms with Crippen molar-refractivity contribution in [3.63, 3.8) is 0 Å². The molecule has 4 N–H and O–H groups in total. The summed E-state index contributed by atoms with van der Waals surface area (Å²) in [6, 6.07) is 0. The van der Waals surface area contributed by atoms with Gasteiger partial charge in [0.2, 0.25) is 0 Å². The van der Waals surface area contributed by atoms with Crippen molar-refractivity contribution in [1.29, 1.82) is 0 Å². The SMILES string of the molecule is CNS(=O)(=O)NC1(CN)CCCCC1C. The Bertz CT molecular complexity index is 304. The van der Waals surface area contributed by atoms with Crippen LogP contribution >= 0.6 is 0 Å². The summed E-state index contributed by atoms with van der Waals surface area (Å²) in [7, 11) is -2.00. The first-order valence-corrected chi connectivity index (χ1v) is 6.86. The molecular formula is C9H21N3O2S. The Morgan fingerprint density at radius 1 is 1.47 bits per heavy atom. The highest BCUT2D eigenvalue weighted by molar-refractivity contribution is 7.87. The number of nitrogens with one attached hydrogen (secondary N) is 2. The zero-order valence-corrected chi connectivity index (χ0v) is 10.2. The molecule has 6 heteroatoms. The van der Waals surface area contributed by atoms with Crippen molar-refractivity contribution in [3.8, 4) is 0 Å². The van der Waals surface area contributed by atoms with Crippen LogP contribution in [0.3, 0.4) is 0 Å². The van der Waals surface area contributed by atoms with Crippen LogP contribution in [-0.2, 0) is 10.2 Å². The molecule has 90 valence electrons. The van der Waals surface area contributed by atoms with Crippen molar-refractivity contribution >= 4 is 10.2 Å². The number of nitrogens with two attached hydrogens (primary N) is 1. The van der Waals surface area contributed by atoms with Gasteiger partial charge in [-0.3, -0.25) is 0 Å². The fourth-order valence-corrected chi connectivity index (χ4v) is 3.25. The number of rotatable bonds is 4. The van der Waals surface area contributed by atoms with Crippen molar-refractivity contribution < 1.29 is 8.42 Å². The van der Waals surface area contributed by atoms with Crippen LogP contribution < -0.4 is 15.2 Å². The Hall–Kier alpha value is -0.170. The molecule has 0 bridgehead atoms. The van der Waals surface area contributed by atoms with Crippen molar-refractivity contribution in [2.45, 2.75) is 38.1 Å². The molecule has 0 aromatic rings. The predicted molar refractivity (Wildman–Crippen MR) is 60.5 cm³/mol. The highest BCUT2D eigenvalue weighted by atomic mass is 32.2. The summed E-state index contributed by atoms with van der Waals surface area (Å²) in [6.45, 7) is 2.42. The molecule has 1 fully saturated rings. The highest BCUT2D eigenvalue weighted by Gasteiger charge is 2.39. The molecule has 2 unspecified atom stereocenters. The quantitative estimate of drug-likeness (QED) is 0.638. The van der Waals surface area contributed by atoms with Crippen molar-refractivity contribution in [2.75, 3.05) is 13.6 Å². The topological polar surface area (TPSA) is 84.2 Å². The van der Waals surface area contributed by atoms with E-state index in [1.165, 1.54) is 7.05 Å². The van der Waals surface area contributed by atoms with Crippen LogP contribution in [0.4, 0.5) is 0 Å². The van der Waals surface area contributed by atoms with E-state index in [2.05, 4.69) is 16.4 Å². The zero-order chi connectivity index (χ0) is 11.5. The molecular weight excluding hydrogens is 214 g/mol. The molecule has 5 nitrogen and oxygen atoms in total. The summed E-state index contributed by atoms with van der Waals surface area (Å²) in [5.41, 5.74) is 5.28. The molecule has 0 heterocycles. The minimum atomic E-state index is -3.40. The van der Waals surface area contributed by atoms with E-state index in [1.807, 2.05) is 0 Å². The second kappa shape index (κ2) is 4.78. The van der Waals surface area contributed by atoms with Crippen LogP contribution in [0.2, 0.25) is 0 Å². The first-order valence-electron chi connectivity index (χ1n) is 5.38. The lowest BCUT2D eigenvalue weighted by atomic mass is 9.74. The Labute approximate surface area is 92.0 Å². The minimum absolute atomic E-state index is 0.291. The summed E-state index contributed by atoms with van der Waals surface area (Å²) < 4.78 is 28.0. The molecule has 0 amide bonds. The maximum Gasteiger partial charge on any atom is 0.277 e. The fourth-order valence-electron chi connectivity index (χ4n) is 2.23. The van der Waals surface area contributed by atoms with Gasteiger partial charge in [0.1, 0.15) is 0 Å². The molecule has 1 aliphatic carbocycles. The van der Waals surface area contributed by atoms with E-state index in [9.17, 15) is 8.42 Å². The molecule has 15 heavy (non-hydrogen) atoms. The van der Waals surface area contributed by atoms with Crippen LogP contribution in [0, 0.1) is 5.92 Å². The Balaban J connectivity index is 2.84. The number of hydrogen-bond acceptors (Lipinski definition) is 3. The largest absolute Gasteiger partial charge is 0.329 e. The normalized spacial score (nSPS) is 32.9. The molecule has 1 rings (SSSR count). The lowest BCUT2D eigenvalue weighted by molar-refractivity contribution is 0.191. The second-order valence-electron chi connectivity index (χ2n) is 4.32. The van der Waals surface area contributed by atoms with Crippen LogP contribution in [0.1, 0.15) is 32.6 Å². The Kier molecular flexibility index (Phi) is 4.11. The van der Waals surface area contributed by atoms with Gasteiger partial charge >= 0.3 is 0 Å². The lowest BCUT2D eigenvalue weighted by Crippen LogP contribution is -2.60. The third kappa shape index (κ3) is 2.90. The van der Waals surface area contributed by atoms with Gasteiger partial charge < -0.3 is 5.73 Å². The molecule has 0 aliphatic heterocycles. The third-order valence-electron chi connectivity index (χ3n) is 3.42. The first kappa shape index (κ1) is 12.9. The van der Waals surface area contributed by atoms with Gasteiger partial charge in [-0.2, -0.15) is 13.1 Å². The highest BCUT2D eigenvalue weighted by Crippen LogP contribution is 2.33. The first-order chi connectivity index (χ1) is 6.96. The standard InChI is InChI=1S/C9H21N3O2S/c1-8-5-3-4-6-9(8,7-10)12-15(13,14)11-2/h8,11-12H,3-7,10H2,1-2H3. The zero-order valence-electron chi connectivity index (χ0n) is 9.41. The van der Waals surface area contributed by atoms with E-state index >= 15 is 0 Å². The van der Waals surface area contributed by atoms with E-state index < -0.39 is 15.7 Å². The smallest absolute Gasteiger partial charge is 0.277 e. The van der Waals surface area contributed by atoms with Gasteiger partial charge in [-0.05, 0) is 18.8 Å². The molecule has 0 radical (unpaired) electrons. The van der Waals surface area contributed by atoms with Crippen molar-refractivity contribution in [1.82, 2.24) is 9.44 Å². The van der Waals surface area contributed by atoms with E-state index in [1.54, 1.807) is 0 Å². The molecule has 1 saturated carbocycles. The van der Waals surface area contributed by atoms with Crippen LogP contribution in [-0.4, -0.2) is 27.5 Å². The molecule has 0 spiro atoms. The summed E-state index contributed by atoms with van der Waals surface area (Å²) in [5, 5.41) is 0. The fraction of sp³-hybridized carbons (Fsp3) is 1.00. The number of hydrogen-bond donors (Lipinski definition) is 3. The predicted octanol–water partition coefficient (Wildman–Crippen LogP) is -0.0522. The maximum absolute atomic E-state index is 11.5. The summed E-state index contributed by atoms with van der Waals surface area (Å²) >= 11 is 0. The summed E-state index contributed by atoms with van der Waals surface area (Å²) in [6.07, 6.45) is 4.05. The lowest BCUT2D eigenvalue weighted by Gasteiger charge is -2.42. The Morgan fingerprint density at radius 3 is 2.60 bits per heavy atom. The van der Waals surface area contributed by atoms with Crippen molar-refractivity contribution in [2.24, 2.45) is 11.7 Å². The average Bonchev–Trinajstić information content (AvgIpc) is 2.21. The van der Waals surface area contributed by atoms with Crippen LogP contribution in [0.15, 0.2) is 0 Å². The van der Waals surface area contributed by atoms with Gasteiger partial charge in [0, 0.05) is 19.1 Å². The van der Waals surface area contributed by atoms with E-state index in [-0.39, 0.29) is 0 Å². The van der Waals surface area contributed by atoms with E-state index in [0.717, 1.165) is 25.7 Å². The van der Waals surface area contributed by atoms with Gasteiger partial charge in [-0.15, -0.1) is 0 Å². The van der Waals surface area contributed by atoms with Gasteiger partial charge in [-0.1, -0.05) is 19.8 Å². The van der Waals surface area contributed by atoms with Crippen LogP contribution in [0.25, 0.3) is 0 Å². The van der Waals surface area contributed by atoms with E-state index in [4.69, 9.17) is 5.73 Å². The molecule has 2 atom stereocenters. The van der Waals surface area contributed by atoms with Crippen molar-refractivity contribution in [3.05, 3.63) is 0 Å². The third-order valence-corrected chi connectivity index (χ3v) is 4.64. The average molecular weight is 235 g/mol. The van der Waals surface area contributed by atoms with Gasteiger partial charge in [-0.25, -0.2) is 4.72 Å². The van der Waals surface area contributed by atoms with Gasteiger partial charge in [0.15, 0.2) is 0 Å². The van der Waals surface area contributed by atoms with Crippen LogP contribution in [0.5, 0.6) is 0 Å². The molecule has 0 aromatic heterocycles. The van der Waals surface area contributed by atoms with Gasteiger partial charge in [0.05, 0.1) is 0 Å². The summed E-state index contributed by atoms with van der Waals surface area (Å²) in [5.74, 6) is 0.291. The summed E-state index contributed by atoms with van der Waals surface area (Å²) in [4.78, 5) is 0.